The van der Waals surface area contributed by atoms with Crippen molar-refractivity contribution in [1.29, 1.82) is 0 Å². The van der Waals surface area contributed by atoms with Crippen molar-refractivity contribution in [1.82, 2.24) is 20.1 Å². The van der Waals surface area contributed by atoms with Gasteiger partial charge < -0.3 is 15.2 Å². The Kier molecular flexibility index (Phi) is 9.20. The number of amides is 2. The van der Waals surface area contributed by atoms with Crippen molar-refractivity contribution in [2.24, 2.45) is 5.92 Å². The Labute approximate surface area is 217 Å². The van der Waals surface area contributed by atoms with Crippen molar-refractivity contribution in [3.63, 3.8) is 0 Å². The van der Waals surface area contributed by atoms with Crippen LogP contribution in [0.4, 0.5) is 11.4 Å². The van der Waals surface area contributed by atoms with Gasteiger partial charge in [0.25, 0.3) is 11.6 Å². The van der Waals surface area contributed by atoms with E-state index in [0.29, 0.717) is 33.8 Å². The summed E-state index contributed by atoms with van der Waals surface area (Å²) in [5, 5.41) is 25.9. The summed E-state index contributed by atoms with van der Waals surface area (Å²) in [7, 11) is 0. The van der Waals surface area contributed by atoms with Crippen LogP contribution in [0.5, 0.6) is 0 Å². The first-order valence-electron chi connectivity index (χ1n) is 11.0. The van der Waals surface area contributed by atoms with Crippen LogP contribution in [0.1, 0.15) is 36.1 Å². The third kappa shape index (κ3) is 6.70. The van der Waals surface area contributed by atoms with Crippen LogP contribution in [0.3, 0.4) is 0 Å². The van der Waals surface area contributed by atoms with Gasteiger partial charge in [-0.15, -0.1) is 16.8 Å². The van der Waals surface area contributed by atoms with E-state index < -0.39 is 11.0 Å². The minimum atomic E-state index is -0.507. The van der Waals surface area contributed by atoms with E-state index in [0.717, 1.165) is 0 Å². The molecule has 2 N–H and O–H groups in total. The Balaban J connectivity index is 1.73. The molecule has 0 spiro atoms. The molecule has 0 fully saturated rings. The van der Waals surface area contributed by atoms with Gasteiger partial charge in [-0.05, 0) is 30.2 Å². The highest BCUT2D eigenvalue weighted by atomic mass is 35.5. The highest BCUT2D eigenvalue weighted by Gasteiger charge is 2.27. The van der Waals surface area contributed by atoms with Crippen LogP contribution < -0.4 is 10.6 Å². The molecule has 0 unspecified atom stereocenters. The number of hydrogen-bond acceptors (Lipinski definition) is 7. The van der Waals surface area contributed by atoms with Crippen LogP contribution in [-0.2, 0) is 11.3 Å². The molecule has 1 aromatic heterocycles. The van der Waals surface area contributed by atoms with E-state index in [1.165, 1.54) is 36.0 Å². The van der Waals surface area contributed by atoms with Crippen molar-refractivity contribution in [2.75, 3.05) is 11.1 Å². The number of halogens is 1. The molecule has 0 aliphatic heterocycles. The number of nitro groups is 1. The number of anilines is 1. The zero-order chi connectivity index (χ0) is 26.2. The molecule has 1 heterocycles. The zero-order valence-corrected chi connectivity index (χ0v) is 21.3. The molecule has 3 aromatic rings. The van der Waals surface area contributed by atoms with Gasteiger partial charge in [0.15, 0.2) is 11.0 Å². The SMILES string of the molecule is C=CCn1c(SCC(=O)Nc2ccc([N+](=O)[O-])cc2)nnc1[C@@H](NC(=O)c1ccccc1Cl)C(C)C. The summed E-state index contributed by atoms with van der Waals surface area (Å²) in [6.07, 6.45) is 1.68. The van der Waals surface area contributed by atoms with Crippen LogP contribution in [0.25, 0.3) is 0 Å². The molecule has 1 atom stereocenters. The number of nitro benzene ring substituents is 1. The number of allylic oxidation sites excluding steroid dienone is 1. The minimum Gasteiger partial charge on any atom is -0.342 e. The highest BCUT2D eigenvalue weighted by molar-refractivity contribution is 7.99. The summed E-state index contributed by atoms with van der Waals surface area (Å²) in [6, 6.07) is 11.9. The maximum absolute atomic E-state index is 12.9. The molecule has 0 aliphatic rings. The summed E-state index contributed by atoms with van der Waals surface area (Å²) >= 11 is 7.36. The Morgan fingerprint density at radius 3 is 2.50 bits per heavy atom. The van der Waals surface area contributed by atoms with Crippen molar-refractivity contribution in [2.45, 2.75) is 31.6 Å². The van der Waals surface area contributed by atoms with Crippen LogP contribution in [0, 0.1) is 16.0 Å². The summed E-state index contributed by atoms with van der Waals surface area (Å²) in [5.74, 6) is -0.0962. The lowest BCUT2D eigenvalue weighted by molar-refractivity contribution is -0.384. The minimum absolute atomic E-state index is 0.0208. The Morgan fingerprint density at radius 2 is 1.89 bits per heavy atom. The van der Waals surface area contributed by atoms with Crippen molar-refractivity contribution in [3.8, 4) is 0 Å². The van der Waals surface area contributed by atoms with Crippen LogP contribution in [0.2, 0.25) is 5.02 Å². The van der Waals surface area contributed by atoms with Crippen molar-refractivity contribution >= 4 is 46.6 Å². The standard InChI is InChI=1S/C24H25ClN6O4S/c1-4-13-30-22(21(15(2)3)27-23(33)18-7-5-6-8-19(18)25)28-29-24(30)36-14-20(32)26-16-9-11-17(12-10-16)31(34)35/h4-12,15,21H,1,13-14H2,2-3H3,(H,26,32)(H,27,33)/t21-/m0/s1. The molecule has 0 radical (unpaired) electrons. The van der Waals surface area contributed by atoms with Gasteiger partial charge in [-0.1, -0.05) is 55.4 Å². The fraction of sp³-hybridized carbons (Fsp3) is 0.250. The number of benzene rings is 2. The molecule has 0 aliphatic carbocycles. The van der Waals surface area contributed by atoms with Crippen molar-refractivity contribution < 1.29 is 14.5 Å². The van der Waals surface area contributed by atoms with E-state index >= 15 is 0 Å². The first kappa shape index (κ1) is 26.9. The maximum Gasteiger partial charge on any atom is 0.269 e. The van der Waals surface area contributed by atoms with Gasteiger partial charge in [0.05, 0.1) is 27.3 Å². The Hall–Kier alpha value is -3.70. The largest absolute Gasteiger partial charge is 0.342 e. The molecule has 10 nitrogen and oxygen atoms in total. The normalized spacial score (nSPS) is 11.7. The number of carbonyl (C=O) groups excluding carboxylic acids is 2. The summed E-state index contributed by atoms with van der Waals surface area (Å²) in [6.45, 7) is 8.08. The molecular weight excluding hydrogens is 504 g/mol. The number of thioether (sulfide) groups is 1. The quantitative estimate of drug-likeness (QED) is 0.157. The van der Waals surface area contributed by atoms with Gasteiger partial charge in [-0.3, -0.25) is 19.7 Å². The summed E-state index contributed by atoms with van der Waals surface area (Å²) in [5.41, 5.74) is 0.743. The molecule has 3 rings (SSSR count). The molecular formula is C24H25ClN6O4S. The first-order valence-corrected chi connectivity index (χ1v) is 12.3. The zero-order valence-electron chi connectivity index (χ0n) is 19.7. The molecule has 188 valence electrons. The number of carbonyl (C=O) groups is 2. The van der Waals surface area contributed by atoms with E-state index in [1.54, 1.807) is 34.9 Å². The number of hydrogen-bond donors (Lipinski definition) is 2. The number of rotatable bonds is 11. The number of non-ortho nitro benzene ring substituents is 1. The third-order valence-corrected chi connectivity index (χ3v) is 6.40. The molecule has 2 aromatic carbocycles. The fourth-order valence-electron chi connectivity index (χ4n) is 3.32. The molecule has 0 saturated carbocycles. The molecule has 36 heavy (non-hydrogen) atoms. The third-order valence-electron chi connectivity index (χ3n) is 5.10. The average molecular weight is 529 g/mol. The predicted octanol–water partition coefficient (Wildman–Crippen LogP) is 4.88. The van der Waals surface area contributed by atoms with E-state index in [1.807, 2.05) is 13.8 Å². The maximum atomic E-state index is 12.9. The molecule has 0 saturated heterocycles. The van der Waals surface area contributed by atoms with Gasteiger partial charge in [-0.2, -0.15) is 0 Å². The monoisotopic (exact) mass is 528 g/mol. The second kappa shape index (κ2) is 12.3. The average Bonchev–Trinajstić information content (AvgIpc) is 3.23. The lowest BCUT2D eigenvalue weighted by Crippen LogP contribution is -2.34. The topological polar surface area (TPSA) is 132 Å². The van der Waals surface area contributed by atoms with Crippen LogP contribution in [0.15, 0.2) is 66.3 Å². The van der Waals surface area contributed by atoms with Gasteiger partial charge in [0, 0.05) is 24.4 Å². The van der Waals surface area contributed by atoms with Crippen LogP contribution >= 0.6 is 23.4 Å². The van der Waals surface area contributed by atoms with Crippen LogP contribution in [-0.4, -0.2) is 37.3 Å². The lowest BCUT2D eigenvalue weighted by atomic mass is 10.0. The van der Waals surface area contributed by atoms with E-state index in [-0.39, 0.29) is 29.2 Å². The van der Waals surface area contributed by atoms with E-state index in [9.17, 15) is 19.7 Å². The predicted molar refractivity (Wildman–Crippen MR) is 139 cm³/mol. The molecule has 2 amide bonds. The van der Waals surface area contributed by atoms with Gasteiger partial charge in [0.1, 0.15) is 0 Å². The number of aromatic nitrogens is 3. The second-order valence-electron chi connectivity index (χ2n) is 8.06. The Bertz CT molecular complexity index is 1260. The van der Waals surface area contributed by atoms with Gasteiger partial charge >= 0.3 is 0 Å². The smallest absolute Gasteiger partial charge is 0.269 e. The summed E-state index contributed by atoms with van der Waals surface area (Å²) in [4.78, 5) is 35.6. The number of nitrogens with one attached hydrogen (secondary N) is 2. The highest BCUT2D eigenvalue weighted by Crippen LogP contribution is 2.27. The van der Waals surface area contributed by atoms with E-state index in [2.05, 4.69) is 27.4 Å². The van der Waals surface area contributed by atoms with E-state index in [4.69, 9.17) is 11.6 Å². The van der Waals surface area contributed by atoms with Gasteiger partial charge in [-0.25, -0.2) is 0 Å². The second-order valence-corrected chi connectivity index (χ2v) is 9.41. The molecule has 12 heteroatoms. The Morgan fingerprint density at radius 1 is 1.19 bits per heavy atom. The first-order chi connectivity index (χ1) is 17.2. The van der Waals surface area contributed by atoms with Gasteiger partial charge in [0.2, 0.25) is 5.91 Å². The lowest BCUT2D eigenvalue weighted by Gasteiger charge is -2.23. The number of nitrogens with zero attached hydrogens (tertiary/aromatic N) is 4. The molecule has 0 bridgehead atoms. The summed E-state index contributed by atoms with van der Waals surface area (Å²) < 4.78 is 1.80. The fourth-order valence-corrected chi connectivity index (χ4v) is 4.30. The van der Waals surface area contributed by atoms with Crippen molar-refractivity contribution in [3.05, 3.63) is 87.7 Å².